The van der Waals surface area contributed by atoms with Gasteiger partial charge >= 0.3 is 0 Å². The fourth-order valence-electron chi connectivity index (χ4n) is 5.01. The van der Waals surface area contributed by atoms with Gasteiger partial charge in [-0.1, -0.05) is 18.2 Å². The summed E-state index contributed by atoms with van der Waals surface area (Å²) >= 11 is 0. The summed E-state index contributed by atoms with van der Waals surface area (Å²) in [6.07, 6.45) is 5.37. The lowest BCUT2D eigenvalue weighted by molar-refractivity contribution is 0.0534. The van der Waals surface area contributed by atoms with Gasteiger partial charge in [-0.3, -0.25) is 4.79 Å². The monoisotopic (exact) mass is 374 g/mol. The molecule has 2 aliphatic rings. The summed E-state index contributed by atoms with van der Waals surface area (Å²) in [5.41, 5.74) is 4.25. The molecular formula is C23H26N4O. The van der Waals surface area contributed by atoms with Crippen LogP contribution in [0.3, 0.4) is 0 Å². The first kappa shape index (κ1) is 17.4. The van der Waals surface area contributed by atoms with Crippen LogP contribution < -0.4 is 0 Å². The Morgan fingerprint density at radius 2 is 1.86 bits per heavy atom. The Balaban J connectivity index is 1.37. The fraction of sp³-hybridized carbons (Fsp3) is 0.391. The Morgan fingerprint density at radius 1 is 1.00 bits per heavy atom. The zero-order chi connectivity index (χ0) is 19.1. The number of hydrogen-bond acceptors (Lipinski definition) is 3. The highest BCUT2D eigenvalue weighted by atomic mass is 16.2. The average molecular weight is 374 g/mol. The number of pyridine rings is 1. The molecule has 1 amide bonds. The van der Waals surface area contributed by atoms with Gasteiger partial charge in [0, 0.05) is 36.2 Å². The third kappa shape index (κ3) is 3.00. The highest BCUT2D eigenvalue weighted by molar-refractivity contribution is 5.94. The van der Waals surface area contributed by atoms with E-state index in [4.69, 9.17) is 0 Å². The van der Waals surface area contributed by atoms with Crippen molar-refractivity contribution in [2.24, 2.45) is 5.41 Å². The Morgan fingerprint density at radius 3 is 2.64 bits per heavy atom. The fourth-order valence-corrected chi connectivity index (χ4v) is 5.01. The standard InChI is InChI=1S/C23H26N4O/c1-25-15-12-23(16-25)11-3-14-26(17-23)22(28)19-8-6-18(7-9-19)21-5-2-4-20-10-13-24-27(20)21/h2,4-10,13H,3,11-12,14-17H2,1H3. The molecule has 0 saturated carbocycles. The van der Waals surface area contributed by atoms with E-state index in [-0.39, 0.29) is 5.91 Å². The number of fused-ring (bicyclic) bond motifs is 1. The van der Waals surface area contributed by atoms with Crippen molar-refractivity contribution in [1.82, 2.24) is 19.4 Å². The summed E-state index contributed by atoms with van der Waals surface area (Å²) in [7, 11) is 2.19. The van der Waals surface area contributed by atoms with Crippen LogP contribution in [0.15, 0.2) is 54.7 Å². The maximum atomic E-state index is 13.1. The summed E-state index contributed by atoms with van der Waals surface area (Å²) in [6.45, 7) is 4.03. The van der Waals surface area contributed by atoms with Crippen LogP contribution in [0.5, 0.6) is 0 Å². The highest BCUT2D eigenvalue weighted by Gasteiger charge is 2.41. The smallest absolute Gasteiger partial charge is 0.253 e. The highest BCUT2D eigenvalue weighted by Crippen LogP contribution is 2.38. The van der Waals surface area contributed by atoms with Gasteiger partial charge in [-0.2, -0.15) is 5.10 Å². The third-order valence-electron chi connectivity index (χ3n) is 6.43. The van der Waals surface area contributed by atoms with Gasteiger partial charge in [0.05, 0.1) is 17.4 Å². The van der Waals surface area contributed by atoms with Crippen molar-refractivity contribution in [1.29, 1.82) is 0 Å². The first-order valence-electron chi connectivity index (χ1n) is 10.1. The largest absolute Gasteiger partial charge is 0.338 e. The molecule has 28 heavy (non-hydrogen) atoms. The number of aromatic nitrogens is 2. The second-order valence-electron chi connectivity index (χ2n) is 8.47. The summed E-state index contributed by atoms with van der Waals surface area (Å²) in [5.74, 6) is 0.164. The number of carbonyl (C=O) groups is 1. The average Bonchev–Trinajstić information content (AvgIpc) is 3.34. The Kier molecular flexibility index (Phi) is 4.20. The molecule has 5 nitrogen and oxygen atoms in total. The van der Waals surface area contributed by atoms with E-state index in [1.165, 1.54) is 12.8 Å². The second kappa shape index (κ2) is 6.74. The van der Waals surface area contributed by atoms with Crippen LogP contribution in [0, 0.1) is 5.41 Å². The Labute approximate surface area is 165 Å². The third-order valence-corrected chi connectivity index (χ3v) is 6.43. The minimum atomic E-state index is 0.164. The van der Waals surface area contributed by atoms with Crippen LogP contribution in [0.4, 0.5) is 0 Å². The first-order chi connectivity index (χ1) is 13.6. The quantitative estimate of drug-likeness (QED) is 0.689. The zero-order valence-corrected chi connectivity index (χ0v) is 16.3. The molecule has 0 aliphatic carbocycles. The molecule has 0 N–H and O–H groups in total. The molecule has 4 heterocycles. The van der Waals surface area contributed by atoms with Crippen molar-refractivity contribution in [3.05, 3.63) is 60.3 Å². The molecule has 1 atom stereocenters. The molecule has 5 rings (SSSR count). The summed E-state index contributed by atoms with van der Waals surface area (Å²) in [5, 5.41) is 4.41. The van der Waals surface area contributed by atoms with Crippen LogP contribution in [0.2, 0.25) is 0 Å². The van der Waals surface area contributed by atoms with E-state index in [0.717, 1.165) is 54.9 Å². The Bertz CT molecular complexity index is 1000. The van der Waals surface area contributed by atoms with Crippen molar-refractivity contribution in [3.8, 4) is 11.3 Å². The topological polar surface area (TPSA) is 40.8 Å². The molecular weight excluding hydrogens is 348 g/mol. The molecule has 0 radical (unpaired) electrons. The van der Waals surface area contributed by atoms with E-state index in [1.54, 1.807) is 0 Å². The van der Waals surface area contributed by atoms with Gasteiger partial charge in [-0.05, 0) is 63.2 Å². The molecule has 2 saturated heterocycles. The molecule has 2 aliphatic heterocycles. The van der Waals surface area contributed by atoms with Crippen LogP contribution in [-0.2, 0) is 0 Å². The number of carbonyl (C=O) groups excluding carboxylic acids is 1. The predicted molar refractivity (Wildman–Crippen MR) is 110 cm³/mol. The molecule has 2 aromatic heterocycles. The number of likely N-dealkylation sites (tertiary alicyclic amines) is 2. The number of nitrogens with zero attached hydrogens (tertiary/aromatic N) is 4. The van der Waals surface area contributed by atoms with Crippen molar-refractivity contribution in [3.63, 3.8) is 0 Å². The van der Waals surface area contributed by atoms with Gasteiger partial charge in [0.1, 0.15) is 0 Å². The molecule has 1 spiro atoms. The summed E-state index contributed by atoms with van der Waals surface area (Å²) < 4.78 is 1.93. The SMILES string of the molecule is CN1CCC2(CCCN(C(=O)c3ccc(-c4cccc5ccnn45)cc3)C2)C1. The summed E-state index contributed by atoms with van der Waals surface area (Å²) in [6, 6.07) is 16.1. The van der Waals surface area contributed by atoms with Crippen molar-refractivity contribution < 1.29 is 4.79 Å². The van der Waals surface area contributed by atoms with E-state index < -0.39 is 0 Å². The molecule has 3 aromatic rings. The maximum Gasteiger partial charge on any atom is 0.253 e. The van der Waals surface area contributed by atoms with Crippen LogP contribution in [0.1, 0.15) is 29.6 Å². The zero-order valence-electron chi connectivity index (χ0n) is 16.3. The van der Waals surface area contributed by atoms with Gasteiger partial charge in [0.2, 0.25) is 0 Å². The lowest BCUT2D eigenvalue weighted by atomic mass is 9.79. The minimum Gasteiger partial charge on any atom is -0.338 e. The van der Waals surface area contributed by atoms with Crippen molar-refractivity contribution >= 4 is 11.4 Å². The van der Waals surface area contributed by atoms with E-state index in [2.05, 4.69) is 28.0 Å². The van der Waals surface area contributed by atoms with Gasteiger partial charge in [0.15, 0.2) is 0 Å². The lowest BCUT2D eigenvalue weighted by Crippen LogP contribution is -2.47. The predicted octanol–water partition coefficient (Wildman–Crippen LogP) is 3.56. The molecule has 1 unspecified atom stereocenters. The van der Waals surface area contributed by atoms with Gasteiger partial charge in [-0.25, -0.2) is 4.52 Å². The lowest BCUT2D eigenvalue weighted by Gasteiger charge is -2.40. The van der Waals surface area contributed by atoms with Gasteiger partial charge in [0.25, 0.3) is 5.91 Å². The van der Waals surface area contributed by atoms with Gasteiger partial charge in [-0.15, -0.1) is 0 Å². The molecule has 2 fully saturated rings. The van der Waals surface area contributed by atoms with E-state index in [0.29, 0.717) is 5.41 Å². The molecule has 144 valence electrons. The number of benzene rings is 1. The van der Waals surface area contributed by atoms with Gasteiger partial charge < -0.3 is 9.80 Å². The molecule has 0 bridgehead atoms. The minimum absolute atomic E-state index is 0.164. The number of amides is 1. The van der Waals surface area contributed by atoms with E-state index in [1.807, 2.05) is 53.2 Å². The van der Waals surface area contributed by atoms with E-state index in [9.17, 15) is 4.79 Å². The Hall–Kier alpha value is -2.66. The number of rotatable bonds is 2. The van der Waals surface area contributed by atoms with Crippen molar-refractivity contribution in [2.75, 3.05) is 33.2 Å². The maximum absolute atomic E-state index is 13.1. The second-order valence-corrected chi connectivity index (χ2v) is 8.47. The summed E-state index contributed by atoms with van der Waals surface area (Å²) in [4.78, 5) is 17.6. The molecule has 5 heteroatoms. The van der Waals surface area contributed by atoms with Crippen LogP contribution in [-0.4, -0.2) is 58.5 Å². The van der Waals surface area contributed by atoms with Crippen LogP contribution >= 0.6 is 0 Å². The normalized spacial score (nSPS) is 23.0. The number of piperidine rings is 1. The first-order valence-corrected chi connectivity index (χ1v) is 10.1. The number of hydrogen-bond donors (Lipinski definition) is 0. The van der Waals surface area contributed by atoms with Crippen molar-refractivity contribution in [2.45, 2.75) is 19.3 Å². The molecule has 1 aromatic carbocycles. The van der Waals surface area contributed by atoms with Crippen LogP contribution in [0.25, 0.3) is 16.8 Å². The van der Waals surface area contributed by atoms with E-state index >= 15 is 0 Å².